The molecule has 0 amide bonds. The van der Waals surface area contributed by atoms with E-state index in [0.29, 0.717) is 18.3 Å². The van der Waals surface area contributed by atoms with Gasteiger partial charge in [-0.05, 0) is 11.5 Å². The van der Waals surface area contributed by atoms with Crippen molar-refractivity contribution in [2.24, 2.45) is 0 Å². The van der Waals surface area contributed by atoms with Crippen molar-refractivity contribution in [3.63, 3.8) is 0 Å². The molecular formula is C15H17N3O2. The molecule has 3 rings (SSSR count). The van der Waals surface area contributed by atoms with E-state index in [1.165, 1.54) is 0 Å². The highest BCUT2D eigenvalue weighted by atomic mass is 16.5. The maximum atomic E-state index is 9.46. The fourth-order valence-electron chi connectivity index (χ4n) is 2.32. The zero-order valence-electron chi connectivity index (χ0n) is 11.6. The summed E-state index contributed by atoms with van der Waals surface area (Å²) in [5.41, 5.74) is 1.92. The fourth-order valence-corrected chi connectivity index (χ4v) is 2.32. The Hall–Kier alpha value is -2.14. The molecule has 0 saturated heterocycles. The maximum absolute atomic E-state index is 9.46. The van der Waals surface area contributed by atoms with Crippen LogP contribution in [0.2, 0.25) is 0 Å². The van der Waals surface area contributed by atoms with E-state index in [-0.39, 0.29) is 12.5 Å². The van der Waals surface area contributed by atoms with Gasteiger partial charge in [-0.15, -0.1) is 0 Å². The third-order valence-electron chi connectivity index (χ3n) is 3.33. The van der Waals surface area contributed by atoms with Crippen LogP contribution in [0.5, 0.6) is 0 Å². The molecule has 5 heteroatoms. The van der Waals surface area contributed by atoms with Gasteiger partial charge in [0.15, 0.2) is 5.82 Å². The van der Waals surface area contributed by atoms with E-state index in [0.717, 1.165) is 16.5 Å². The summed E-state index contributed by atoms with van der Waals surface area (Å²) in [5, 5.41) is 14.6. The van der Waals surface area contributed by atoms with Crippen LogP contribution in [-0.2, 0) is 13.2 Å². The van der Waals surface area contributed by atoms with Gasteiger partial charge < -0.3 is 14.2 Å². The molecule has 3 aromatic rings. The largest absolute Gasteiger partial charge is 0.392 e. The minimum Gasteiger partial charge on any atom is -0.392 e. The van der Waals surface area contributed by atoms with Crippen LogP contribution in [0.4, 0.5) is 0 Å². The third-order valence-corrected chi connectivity index (χ3v) is 3.33. The summed E-state index contributed by atoms with van der Waals surface area (Å²) in [6, 6.07) is 7.93. The second kappa shape index (κ2) is 5.09. The predicted molar refractivity (Wildman–Crippen MR) is 75.3 cm³/mol. The SMILES string of the molecule is CC(C)c1nc(Cn2ccc3cccc(CO)c32)no1. The van der Waals surface area contributed by atoms with Gasteiger partial charge in [0.2, 0.25) is 5.89 Å². The highest BCUT2D eigenvalue weighted by Crippen LogP contribution is 2.21. The van der Waals surface area contributed by atoms with E-state index in [1.807, 2.05) is 48.9 Å². The summed E-state index contributed by atoms with van der Waals surface area (Å²) in [7, 11) is 0. The van der Waals surface area contributed by atoms with Gasteiger partial charge in [-0.3, -0.25) is 0 Å². The lowest BCUT2D eigenvalue weighted by Gasteiger charge is -2.06. The lowest BCUT2D eigenvalue weighted by atomic mass is 10.1. The van der Waals surface area contributed by atoms with Gasteiger partial charge in [-0.1, -0.05) is 37.2 Å². The monoisotopic (exact) mass is 271 g/mol. The lowest BCUT2D eigenvalue weighted by Crippen LogP contribution is -2.02. The molecule has 0 aliphatic carbocycles. The Kier molecular flexibility index (Phi) is 3.28. The number of aromatic nitrogens is 3. The molecule has 2 aromatic heterocycles. The van der Waals surface area contributed by atoms with Crippen molar-refractivity contribution in [3.8, 4) is 0 Å². The second-order valence-electron chi connectivity index (χ2n) is 5.16. The highest BCUT2D eigenvalue weighted by Gasteiger charge is 2.12. The van der Waals surface area contributed by atoms with Crippen LogP contribution in [0.1, 0.15) is 37.0 Å². The van der Waals surface area contributed by atoms with E-state index in [2.05, 4.69) is 10.1 Å². The predicted octanol–water partition coefficient (Wildman–Crippen LogP) is 2.69. The van der Waals surface area contributed by atoms with Gasteiger partial charge >= 0.3 is 0 Å². The van der Waals surface area contributed by atoms with Crippen LogP contribution in [0, 0.1) is 0 Å². The molecule has 5 nitrogen and oxygen atoms in total. The first-order valence-corrected chi connectivity index (χ1v) is 6.69. The summed E-state index contributed by atoms with van der Waals surface area (Å²) < 4.78 is 7.26. The van der Waals surface area contributed by atoms with Crippen molar-refractivity contribution >= 4 is 10.9 Å². The molecule has 0 unspecified atom stereocenters. The normalized spacial score (nSPS) is 11.6. The van der Waals surface area contributed by atoms with Gasteiger partial charge in [0.25, 0.3) is 0 Å². The van der Waals surface area contributed by atoms with Crippen molar-refractivity contribution in [1.82, 2.24) is 14.7 Å². The molecule has 0 saturated carbocycles. The summed E-state index contributed by atoms with van der Waals surface area (Å²) in [4.78, 5) is 4.39. The summed E-state index contributed by atoms with van der Waals surface area (Å²) in [6.45, 7) is 4.60. The quantitative estimate of drug-likeness (QED) is 0.792. The first-order chi connectivity index (χ1) is 9.69. The fraction of sp³-hybridized carbons (Fsp3) is 0.333. The number of benzene rings is 1. The molecular weight excluding hydrogens is 254 g/mol. The van der Waals surface area contributed by atoms with E-state index in [9.17, 15) is 5.11 Å². The van der Waals surface area contributed by atoms with Gasteiger partial charge in [0.05, 0.1) is 18.7 Å². The molecule has 0 atom stereocenters. The maximum Gasteiger partial charge on any atom is 0.229 e. The van der Waals surface area contributed by atoms with Crippen LogP contribution in [-0.4, -0.2) is 19.8 Å². The third kappa shape index (κ3) is 2.20. The topological polar surface area (TPSA) is 64.1 Å². The molecule has 0 fully saturated rings. The van der Waals surface area contributed by atoms with Gasteiger partial charge in [0.1, 0.15) is 0 Å². The summed E-state index contributed by atoms with van der Waals surface area (Å²) >= 11 is 0. The Morgan fingerprint density at radius 1 is 1.30 bits per heavy atom. The second-order valence-corrected chi connectivity index (χ2v) is 5.16. The molecule has 20 heavy (non-hydrogen) atoms. The van der Waals surface area contributed by atoms with Crippen LogP contribution >= 0.6 is 0 Å². The molecule has 0 spiro atoms. The number of nitrogens with zero attached hydrogens (tertiary/aromatic N) is 3. The summed E-state index contributed by atoms with van der Waals surface area (Å²) in [6.07, 6.45) is 1.98. The highest BCUT2D eigenvalue weighted by molar-refractivity contribution is 5.83. The zero-order chi connectivity index (χ0) is 14.1. The van der Waals surface area contributed by atoms with Crippen molar-refractivity contribution in [3.05, 3.63) is 47.7 Å². The molecule has 1 aromatic carbocycles. The van der Waals surface area contributed by atoms with E-state index in [1.54, 1.807) is 0 Å². The van der Waals surface area contributed by atoms with Crippen LogP contribution in [0.25, 0.3) is 10.9 Å². The minimum atomic E-state index is 0.0187. The van der Waals surface area contributed by atoms with Crippen LogP contribution in [0.3, 0.4) is 0 Å². The van der Waals surface area contributed by atoms with Crippen LogP contribution in [0.15, 0.2) is 35.0 Å². The Labute approximate surface area is 116 Å². The average Bonchev–Trinajstić information content (AvgIpc) is 3.06. The molecule has 1 N–H and O–H groups in total. The number of aliphatic hydroxyl groups excluding tert-OH is 1. The van der Waals surface area contributed by atoms with Gasteiger partial charge in [0, 0.05) is 17.7 Å². The van der Waals surface area contributed by atoms with Crippen molar-refractivity contribution < 1.29 is 9.63 Å². The molecule has 0 radical (unpaired) electrons. The number of fused-ring (bicyclic) bond motifs is 1. The Morgan fingerprint density at radius 3 is 2.85 bits per heavy atom. The molecule has 2 heterocycles. The lowest BCUT2D eigenvalue weighted by molar-refractivity contribution is 0.283. The standard InChI is InChI=1S/C15H17N3O2/c1-10(2)15-16-13(17-20-15)8-18-7-6-11-4-3-5-12(9-19)14(11)18/h3-7,10,19H,8-9H2,1-2H3. The first kappa shape index (κ1) is 12.9. The Morgan fingerprint density at radius 2 is 2.15 bits per heavy atom. The average molecular weight is 271 g/mol. The van der Waals surface area contributed by atoms with Gasteiger partial charge in [-0.25, -0.2) is 0 Å². The first-order valence-electron chi connectivity index (χ1n) is 6.69. The van der Waals surface area contributed by atoms with E-state index in [4.69, 9.17) is 4.52 Å². The Bertz CT molecular complexity index is 728. The number of hydrogen-bond acceptors (Lipinski definition) is 4. The molecule has 0 aliphatic rings. The van der Waals surface area contributed by atoms with Gasteiger partial charge in [-0.2, -0.15) is 4.98 Å². The van der Waals surface area contributed by atoms with Crippen molar-refractivity contribution in [2.75, 3.05) is 0 Å². The summed E-state index contributed by atoms with van der Waals surface area (Å²) in [5.74, 6) is 1.53. The van der Waals surface area contributed by atoms with Crippen molar-refractivity contribution in [1.29, 1.82) is 0 Å². The van der Waals surface area contributed by atoms with Crippen LogP contribution < -0.4 is 0 Å². The Balaban J connectivity index is 1.97. The number of hydrogen-bond donors (Lipinski definition) is 1. The molecule has 0 aliphatic heterocycles. The smallest absolute Gasteiger partial charge is 0.229 e. The minimum absolute atomic E-state index is 0.0187. The van der Waals surface area contributed by atoms with E-state index >= 15 is 0 Å². The molecule has 104 valence electrons. The number of rotatable bonds is 4. The van der Waals surface area contributed by atoms with E-state index < -0.39 is 0 Å². The zero-order valence-corrected chi connectivity index (χ0v) is 11.6. The number of aliphatic hydroxyl groups is 1. The molecule has 0 bridgehead atoms. The number of para-hydroxylation sites is 1. The van der Waals surface area contributed by atoms with Crippen molar-refractivity contribution in [2.45, 2.75) is 32.9 Å².